The van der Waals surface area contributed by atoms with Crippen LogP contribution in [-0.2, 0) is 14.3 Å². The monoisotopic (exact) mass is 377 g/mol. The predicted molar refractivity (Wildman–Crippen MR) is 103 cm³/mol. The van der Waals surface area contributed by atoms with Gasteiger partial charge in [-0.3, -0.25) is 14.5 Å². The Hall–Kier alpha value is -1.14. The van der Waals surface area contributed by atoms with E-state index in [4.69, 9.17) is 4.74 Å². The van der Waals surface area contributed by atoms with Gasteiger partial charge in [-0.2, -0.15) is 0 Å². The van der Waals surface area contributed by atoms with Gasteiger partial charge in [0.15, 0.2) is 0 Å². The maximum atomic E-state index is 12.7. The molecule has 5 fully saturated rings. The van der Waals surface area contributed by atoms with Crippen LogP contribution < -0.4 is 10.6 Å². The smallest absolute Gasteiger partial charge is 0.242 e. The molecule has 6 nitrogen and oxygen atoms in total. The molecule has 0 radical (unpaired) electrons. The number of morpholine rings is 1. The van der Waals surface area contributed by atoms with E-state index in [2.05, 4.69) is 15.5 Å². The second kappa shape index (κ2) is 8.08. The topological polar surface area (TPSA) is 70.7 Å². The van der Waals surface area contributed by atoms with Crippen molar-refractivity contribution >= 4 is 11.8 Å². The predicted octanol–water partition coefficient (Wildman–Crippen LogP) is 1.55. The van der Waals surface area contributed by atoms with Crippen molar-refractivity contribution in [3.63, 3.8) is 0 Å². The van der Waals surface area contributed by atoms with Crippen molar-refractivity contribution in [3.05, 3.63) is 0 Å². The van der Waals surface area contributed by atoms with Crippen molar-refractivity contribution in [1.82, 2.24) is 15.5 Å². The van der Waals surface area contributed by atoms with Crippen molar-refractivity contribution in [1.29, 1.82) is 0 Å². The Balaban J connectivity index is 1.19. The third-order valence-corrected chi connectivity index (χ3v) is 7.30. The normalized spacial score (nSPS) is 36.4. The summed E-state index contributed by atoms with van der Waals surface area (Å²) in [5, 5.41) is 5.92. The lowest BCUT2D eigenvalue weighted by atomic mass is 9.49. The number of nitrogens with one attached hydrogen (secondary N) is 2. The second-order valence-corrected chi connectivity index (χ2v) is 9.63. The minimum atomic E-state index is -0.462. The zero-order chi connectivity index (χ0) is 18.9. The van der Waals surface area contributed by atoms with Gasteiger partial charge in [0.2, 0.25) is 11.8 Å². The van der Waals surface area contributed by atoms with Crippen LogP contribution in [0.1, 0.15) is 51.9 Å². The molecule has 0 aromatic heterocycles. The number of hydrogen-bond donors (Lipinski definition) is 2. The second-order valence-electron chi connectivity index (χ2n) is 9.63. The van der Waals surface area contributed by atoms with Gasteiger partial charge in [-0.25, -0.2) is 0 Å². The molecular formula is C21H35N3O3. The lowest BCUT2D eigenvalue weighted by Crippen LogP contribution is -2.51. The quantitative estimate of drug-likeness (QED) is 0.706. The fourth-order valence-corrected chi connectivity index (χ4v) is 6.52. The number of amides is 2. The maximum absolute atomic E-state index is 12.7. The lowest BCUT2D eigenvalue weighted by Gasteiger charge is -2.56. The van der Waals surface area contributed by atoms with E-state index < -0.39 is 6.04 Å². The van der Waals surface area contributed by atoms with Gasteiger partial charge in [0.1, 0.15) is 6.04 Å². The molecule has 152 valence electrons. The van der Waals surface area contributed by atoms with E-state index >= 15 is 0 Å². The highest BCUT2D eigenvalue weighted by Gasteiger charge is 2.51. The molecule has 1 saturated heterocycles. The van der Waals surface area contributed by atoms with E-state index in [0.717, 1.165) is 50.6 Å². The Morgan fingerprint density at radius 3 is 2.26 bits per heavy atom. The number of nitrogens with zero attached hydrogens (tertiary/aromatic N) is 1. The summed E-state index contributed by atoms with van der Waals surface area (Å²) in [6, 6.07) is -0.462. The first-order chi connectivity index (χ1) is 13.0. The van der Waals surface area contributed by atoms with Crippen molar-refractivity contribution in [2.45, 2.75) is 57.9 Å². The summed E-state index contributed by atoms with van der Waals surface area (Å²) in [5.74, 6) is 2.54. The first-order valence-electron chi connectivity index (χ1n) is 10.9. The van der Waals surface area contributed by atoms with Crippen molar-refractivity contribution in [2.75, 3.05) is 39.4 Å². The minimum Gasteiger partial charge on any atom is -0.379 e. The molecule has 4 saturated carbocycles. The fourth-order valence-electron chi connectivity index (χ4n) is 6.52. The van der Waals surface area contributed by atoms with Gasteiger partial charge in [0, 0.05) is 32.6 Å². The van der Waals surface area contributed by atoms with Crippen LogP contribution in [0.4, 0.5) is 0 Å². The molecule has 4 bridgehead atoms. The Kier molecular flexibility index (Phi) is 5.74. The van der Waals surface area contributed by atoms with Crippen LogP contribution in [0, 0.1) is 23.2 Å². The molecule has 1 heterocycles. The summed E-state index contributed by atoms with van der Waals surface area (Å²) in [6.45, 7) is 6.63. The highest BCUT2D eigenvalue weighted by atomic mass is 16.5. The van der Waals surface area contributed by atoms with E-state index in [1.807, 2.05) is 0 Å². The highest BCUT2D eigenvalue weighted by Crippen LogP contribution is 2.61. The minimum absolute atomic E-state index is 0.0628. The summed E-state index contributed by atoms with van der Waals surface area (Å²) >= 11 is 0. The Labute approximate surface area is 162 Å². The van der Waals surface area contributed by atoms with Gasteiger partial charge >= 0.3 is 0 Å². The number of carbonyl (C=O) groups is 2. The van der Waals surface area contributed by atoms with E-state index in [1.165, 1.54) is 38.5 Å². The van der Waals surface area contributed by atoms with Crippen LogP contribution in [0.5, 0.6) is 0 Å². The van der Waals surface area contributed by atoms with Crippen LogP contribution in [-0.4, -0.2) is 62.1 Å². The summed E-state index contributed by atoms with van der Waals surface area (Å²) in [4.78, 5) is 27.3. The first kappa shape index (κ1) is 19.2. The Morgan fingerprint density at radius 2 is 1.67 bits per heavy atom. The first-order valence-corrected chi connectivity index (χ1v) is 10.9. The SMILES string of the molecule is C[C@@H](NC(=O)CC12CC3CC(CC(C3)C1)C2)C(=O)NCCN1CCOCC1. The summed E-state index contributed by atoms with van der Waals surface area (Å²) in [7, 11) is 0. The van der Waals surface area contributed by atoms with Crippen LogP contribution in [0.2, 0.25) is 0 Å². The van der Waals surface area contributed by atoms with Gasteiger partial charge in [0.05, 0.1) is 13.2 Å². The molecule has 0 aromatic carbocycles. The third-order valence-electron chi connectivity index (χ3n) is 7.30. The maximum Gasteiger partial charge on any atom is 0.242 e. The van der Waals surface area contributed by atoms with Gasteiger partial charge < -0.3 is 15.4 Å². The molecule has 6 heteroatoms. The van der Waals surface area contributed by atoms with E-state index in [1.54, 1.807) is 6.92 Å². The largest absolute Gasteiger partial charge is 0.379 e. The standard InChI is InChI=1S/C21H35N3O3/c1-15(20(26)22-2-3-24-4-6-27-7-5-24)23-19(25)14-21-11-16-8-17(12-21)10-18(9-16)13-21/h15-18H,2-14H2,1H3,(H,22,26)(H,23,25)/t15-,16?,17?,18?,21?/m1/s1. The van der Waals surface area contributed by atoms with E-state index in [0.29, 0.717) is 13.0 Å². The molecule has 5 aliphatic rings. The average molecular weight is 378 g/mol. The third kappa shape index (κ3) is 4.65. The molecule has 1 aliphatic heterocycles. The van der Waals surface area contributed by atoms with Crippen LogP contribution in [0.15, 0.2) is 0 Å². The highest BCUT2D eigenvalue weighted by molar-refractivity contribution is 5.87. The number of rotatable bonds is 7. The van der Waals surface area contributed by atoms with Crippen LogP contribution >= 0.6 is 0 Å². The van der Waals surface area contributed by atoms with Gasteiger partial charge in [0.25, 0.3) is 0 Å². The molecule has 2 N–H and O–H groups in total. The van der Waals surface area contributed by atoms with Gasteiger partial charge in [-0.15, -0.1) is 0 Å². The van der Waals surface area contributed by atoms with Gasteiger partial charge in [-0.05, 0) is 68.6 Å². The van der Waals surface area contributed by atoms with E-state index in [9.17, 15) is 9.59 Å². The number of hydrogen-bond acceptors (Lipinski definition) is 4. The van der Waals surface area contributed by atoms with E-state index in [-0.39, 0.29) is 17.2 Å². The van der Waals surface area contributed by atoms with Crippen molar-refractivity contribution in [2.24, 2.45) is 23.2 Å². The zero-order valence-electron chi connectivity index (χ0n) is 16.7. The average Bonchev–Trinajstić information content (AvgIpc) is 2.60. The molecule has 1 atom stereocenters. The number of ether oxygens (including phenoxy) is 1. The molecule has 2 amide bonds. The van der Waals surface area contributed by atoms with Crippen molar-refractivity contribution < 1.29 is 14.3 Å². The number of carbonyl (C=O) groups excluding carboxylic acids is 2. The van der Waals surface area contributed by atoms with Crippen molar-refractivity contribution in [3.8, 4) is 0 Å². The molecular weight excluding hydrogens is 342 g/mol. The van der Waals surface area contributed by atoms with Crippen LogP contribution in [0.3, 0.4) is 0 Å². The summed E-state index contributed by atoms with van der Waals surface area (Å²) < 4.78 is 5.33. The molecule has 0 aromatic rings. The summed E-state index contributed by atoms with van der Waals surface area (Å²) in [5.41, 5.74) is 0.228. The Bertz CT molecular complexity index is 524. The molecule has 0 spiro atoms. The molecule has 5 rings (SSSR count). The molecule has 4 aliphatic carbocycles. The lowest BCUT2D eigenvalue weighted by molar-refractivity contribution is -0.133. The zero-order valence-corrected chi connectivity index (χ0v) is 16.7. The Morgan fingerprint density at radius 1 is 1.07 bits per heavy atom. The van der Waals surface area contributed by atoms with Crippen LogP contribution in [0.25, 0.3) is 0 Å². The fraction of sp³-hybridized carbons (Fsp3) is 0.905. The summed E-state index contributed by atoms with van der Waals surface area (Å²) in [6.07, 6.45) is 8.47. The van der Waals surface area contributed by atoms with Gasteiger partial charge in [-0.1, -0.05) is 0 Å². The molecule has 0 unspecified atom stereocenters. The molecule has 27 heavy (non-hydrogen) atoms.